The molecule has 0 bridgehead atoms. The first kappa shape index (κ1) is 13.3. The standard InChI is InChI=1S/C12H14N4O2S/c1-8-11(13)14-7-15-12(8)16-9-3-5-10(6-4-9)19(2,17)18/h3-7H,1-2H3,(H3,13,14,15,16). The van der Waals surface area contributed by atoms with Crippen LogP contribution in [0.4, 0.5) is 17.3 Å². The fourth-order valence-electron chi connectivity index (χ4n) is 1.51. The molecule has 0 saturated carbocycles. The molecule has 0 radical (unpaired) electrons. The highest BCUT2D eigenvalue weighted by Crippen LogP contribution is 2.21. The van der Waals surface area contributed by atoms with Gasteiger partial charge in [0, 0.05) is 17.5 Å². The van der Waals surface area contributed by atoms with Crippen molar-refractivity contribution in [1.82, 2.24) is 9.97 Å². The summed E-state index contributed by atoms with van der Waals surface area (Å²) in [6, 6.07) is 6.43. The van der Waals surface area contributed by atoms with Gasteiger partial charge in [-0.1, -0.05) is 0 Å². The van der Waals surface area contributed by atoms with E-state index in [0.717, 1.165) is 11.3 Å². The lowest BCUT2D eigenvalue weighted by molar-refractivity contribution is 0.602. The molecule has 0 fully saturated rings. The number of sulfone groups is 1. The van der Waals surface area contributed by atoms with E-state index in [-0.39, 0.29) is 4.90 Å². The van der Waals surface area contributed by atoms with Crippen LogP contribution in [0.25, 0.3) is 0 Å². The molecule has 0 aliphatic rings. The maximum absolute atomic E-state index is 11.3. The first-order valence-corrected chi connectivity index (χ1v) is 7.41. The van der Waals surface area contributed by atoms with Crippen molar-refractivity contribution in [2.45, 2.75) is 11.8 Å². The summed E-state index contributed by atoms with van der Waals surface area (Å²) in [5.74, 6) is 1.00. The third-order valence-corrected chi connectivity index (χ3v) is 3.80. The summed E-state index contributed by atoms with van der Waals surface area (Å²) in [4.78, 5) is 8.23. The number of hydrogen-bond donors (Lipinski definition) is 2. The number of nitrogens with zero attached hydrogens (tertiary/aromatic N) is 2. The molecule has 0 amide bonds. The van der Waals surface area contributed by atoms with Crippen LogP contribution in [0.5, 0.6) is 0 Å². The van der Waals surface area contributed by atoms with Gasteiger partial charge in [-0.15, -0.1) is 0 Å². The zero-order valence-corrected chi connectivity index (χ0v) is 11.4. The largest absolute Gasteiger partial charge is 0.383 e. The van der Waals surface area contributed by atoms with Gasteiger partial charge in [0.15, 0.2) is 9.84 Å². The first-order chi connectivity index (χ1) is 8.88. The van der Waals surface area contributed by atoms with Crippen LogP contribution in [0, 0.1) is 6.92 Å². The number of hydrogen-bond acceptors (Lipinski definition) is 6. The minimum absolute atomic E-state index is 0.275. The number of nitrogens with one attached hydrogen (secondary N) is 1. The van der Waals surface area contributed by atoms with E-state index in [4.69, 9.17) is 5.73 Å². The second-order valence-corrected chi connectivity index (χ2v) is 6.17. The van der Waals surface area contributed by atoms with E-state index in [2.05, 4.69) is 15.3 Å². The molecule has 3 N–H and O–H groups in total. The Morgan fingerprint density at radius 1 is 1.16 bits per heavy atom. The number of anilines is 3. The van der Waals surface area contributed by atoms with Crippen LogP contribution in [0.15, 0.2) is 35.5 Å². The lowest BCUT2D eigenvalue weighted by Crippen LogP contribution is -2.02. The highest BCUT2D eigenvalue weighted by Gasteiger charge is 2.08. The molecule has 0 aliphatic heterocycles. The average Bonchev–Trinajstić information content (AvgIpc) is 2.35. The summed E-state index contributed by atoms with van der Waals surface area (Å²) in [5, 5.41) is 3.07. The molecular formula is C12H14N4O2S. The molecule has 100 valence electrons. The van der Waals surface area contributed by atoms with E-state index in [1.54, 1.807) is 12.1 Å². The molecule has 0 saturated heterocycles. The normalized spacial score (nSPS) is 11.3. The van der Waals surface area contributed by atoms with Crippen LogP contribution in [-0.4, -0.2) is 24.6 Å². The molecule has 19 heavy (non-hydrogen) atoms. The van der Waals surface area contributed by atoms with Gasteiger partial charge in [-0.25, -0.2) is 18.4 Å². The summed E-state index contributed by atoms with van der Waals surface area (Å²) in [6.45, 7) is 1.81. The van der Waals surface area contributed by atoms with Crippen LogP contribution in [0.3, 0.4) is 0 Å². The third kappa shape index (κ3) is 3.00. The molecule has 0 unspecified atom stereocenters. The predicted molar refractivity (Wildman–Crippen MR) is 74.0 cm³/mol. The summed E-state index contributed by atoms with van der Waals surface area (Å²) < 4.78 is 22.7. The fourth-order valence-corrected chi connectivity index (χ4v) is 2.14. The number of nitrogen functional groups attached to an aromatic ring is 1. The second kappa shape index (κ2) is 4.85. The Labute approximate surface area is 111 Å². The molecule has 2 aromatic rings. The summed E-state index contributed by atoms with van der Waals surface area (Å²) in [6.07, 6.45) is 2.54. The molecule has 1 aromatic heterocycles. The van der Waals surface area contributed by atoms with E-state index in [1.165, 1.54) is 24.7 Å². The van der Waals surface area contributed by atoms with Crippen molar-refractivity contribution in [1.29, 1.82) is 0 Å². The predicted octanol–water partition coefficient (Wildman–Crippen LogP) is 1.51. The highest BCUT2D eigenvalue weighted by atomic mass is 32.2. The van der Waals surface area contributed by atoms with Crippen molar-refractivity contribution < 1.29 is 8.42 Å². The van der Waals surface area contributed by atoms with Gasteiger partial charge in [0.05, 0.1) is 4.90 Å². The van der Waals surface area contributed by atoms with Crippen LogP contribution < -0.4 is 11.1 Å². The highest BCUT2D eigenvalue weighted by molar-refractivity contribution is 7.90. The lowest BCUT2D eigenvalue weighted by Gasteiger charge is -2.09. The number of nitrogens with two attached hydrogens (primary N) is 1. The second-order valence-electron chi connectivity index (χ2n) is 4.15. The van der Waals surface area contributed by atoms with E-state index in [0.29, 0.717) is 11.6 Å². The number of aromatic nitrogens is 2. The summed E-state index contributed by atoms with van der Waals surface area (Å²) >= 11 is 0. The van der Waals surface area contributed by atoms with Crippen LogP contribution >= 0.6 is 0 Å². The van der Waals surface area contributed by atoms with Gasteiger partial charge in [0.2, 0.25) is 0 Å². The van der Waals surface area contributed by atoms with E-state index in [9.17, 15) is 8.42 Å². The molecule has 0 spiro atoms. The maximum atomic E-state index is 11.3. The summed E-state index contributed by atoms with van der Waals surface area (Å²) in [7, 11) is -3.18. The SMILES string of the molecule is Cc1c(N)ncnc1Nc1ccc(S(C)(=O)=O)cc1. The molecular weight excluding hydrogens is 264 g/mol. The smallest absolute Gasteiger partial charge is 0.175 e. The Morgan fingerprint density at radius 2 is 1.79 bits per heavy atom. The molecule has 2 rings (SSSR count). The Bertz CT molecular complexity index is 696. The molecule has 0 aliphatic carbocycles. The van der Waals surface area contributed by atoms with Crippen molar-refractivity contribution in [2.24, 2.45) is 0 Å². The Balaban J connectivity index is 2.27. The Morgan fingerprint density at radius 3 is 2.37 bits per heavy atom. The quantitative estimate of drug-likeness (QED) is 0.883. The van der Waals surface area contributed by atoms with Crippen molar-refractivity contribution in [3.05, 3.63) is 36.2 Å². The molecule has 1 heterocycles. The number of benzene rings is 1. The van der Waals surface area contributed by atoms with Crippen LogP contribution in [-0.2, 0) is 9.84 Å². The molecule has 1 aromatic carbocycles. The monoisotopic (exact) mass is 278 g/mol. The van der Waals surface area contributed by atoms with Crippen LogP contribution in [0.1, 0.15) is 5.56 Å². The zero-order chi connectivity index (χ0) is 14.0. The van der Waals surface area contributed by atoms with E-state index >= 15 is 0 Å². The van der Waals surface area contributed by atoms with Crippen molar-refractivity contribution >= 4 is 27.2 Å². The van der Waals surface area contributed by atoms with Crippen molar-refractivity contribution in [3.63, 3.8) is 0 Å². The van der Waals surface area contributed by atoms with Gasteiger partial charge < -0.3 is 11.1 Å². The van der Waals surface area contributed by atoms with Gasteiger partial charge in [-0.2, -0.15) is 0 Å². The maximum Gasteiger partial charge on any atom is 0.175 e. The van der Waals surface area contributed by atoms with Gasteiger partial charge in [0.25, 0.3) is 0 Å². The average molecular weight is 278 g/mol. The zero-order valence-electron chi connectivity index (χ0n) is 10.6. The minimum atomic E-state index is -3.18. The Kier molecular flexibility index (Phi) is 3.39. The van der Waals surface area contributed by atoms with Gasteiger partial charge in [-0.3, -0.25) is 0 Å². The van der Waals surface area contributed by atoms with Crippen LogP contribution in [0.2, 0.25) is 0 Å². The molecule has 6 nitrogen and oxygen atoms in total. The van der Waals surface area contributed by atoms with Crippen molar-refractivity contribution in [2.75, 3.05) is 17.3 Å². The van der Waals surface area contributed by atoms with Gasteiger partial charge in [0.1, 0.15) is 18.0 Å². The van der Waals surface area contributed by atoms with Crippen molar-refractivity contribution in [3.8, 4) is 0 Å². The van der Waals surface area contributed by atoms with Gasteiger partial charge in [-0.05, 0) is 31.2 Å². The Hall–Kier alpha value is -2.15. The summed E-state index contributed by atoms with van der Waals surface area (Å²) in [5.41, 5.74) is 7.16. The van der Waals surface area contributed by atoms with E-state index in [1.807, 2.05) is 6.92 Å². The first-order valence-electron chi connectivity index (χ1n) is 5.52. The number of rotatable bonds is 3. The molecule has 7 heteroatoms. The topological polar surface area (TPSA) is 98.0 Å². The van der Waals surface area contributed by atoms with E-state index < -0.39 is 9.84 Å². The third-order valence-electron chi connectivity index (χ3n) is 2.67. The lowest BCUT2D eigenvalue weighted by atomic mass is 10.3. The van der Waals surface area contributed by atoms with Gasteiger partial charge >= 0.3 is 0 Å². The fraction of sp³-hybridized carbons (Fsp3) is 0.167. The minimum Gasteiger partial charge on any atom is -0.383 e. The molecule has 0 atom stereocenters.